The van der Waals surface area contributed by atoms with E-state index in [4.69, 9.17) is 28.3 Å². The summed E-state index contributed by atoms with van der Waals surface area (Å²) in [5.41, 5.74) is 1.32. The van der Waals surface area contributed by atoms with Gasteiger partial charge in [0.25, 0.3) is 5.56 Å². The molecule has 0 N–H and O–H groups in total. The molecule has 0 unspecified atom stereocenters. The highest BCUT2D eigenvalue weighted by molar-refractivity contribution is 9.10. The number of methoxy groups -OCH3 is 2. The van der Waals surface area contributed by atoms with E-state index in [-0.39, 0.29) is 23.7 Å². The monoisotopic (exact) mass is 619 g/mol. The van der Waals surface area contributed by atoms with Crippen molar-refractivity contribution in [2.75, 3.05) is 20.8 Å². The van der Waals surface area contributed by atoms with Gasteiger partial charge in [-0.05, 0) is 62.4 Å². The van der Waals surface area contributed by atoms with E-state index < -0.39 is 12.1 Å². The second-order valence-electron chi connectivity index (χ2n) is 8.87. The average molecular weight is 620 g/mol. The Morgan fingerprint density at radius 2 is 1.83 bits per heavy atom. The average Bonchev–Trinajstić information content (AvgIpc) is 3.40. The van der Waals surface area contributed by atoms with Crippen molar-refractivity contribution >= 4 is 50.0 Å². The Hall–Kier alpha value is -4.64. The lowest BCUT2D eigenvalue weighted by Gasteiger charge is -2.18. The van der Waals surface area contributed by atoms with Crippen LogP contribution in [0.15, 0.2) is 79.4 Å². The van der Waals surface area contributed by atoms with Crippen LogP contribution >= 0.6 is 15.9 Å². The molecule has 0 saturated carbocycles. The smallest absolute Gasteiger partial charge is 0.347 e. The SMILES string of the molecule is CCOC(=O)[C@@H](C)Oc1c(OC)cc(C=Nn2c(-c3cc4cc(Br)ccc4o3)nc3ccccc3c2=O)cc1OC. The molecule has 210 valence electrons. The Bertz CT molecular complexity index is 1820. The van der Waals surface area contributed by atoms with E-state index in [1.54, 1.807) is 44.2 Å². The highest BCUT2D eigenvalue weighted by Gasteiger charge is 2.22. The van der Waals surface area contributed by atoms with Gasteiger partial charge in [0.15, 0.2) is 23.4 Å². The van der Waals surface area contributed by atoms with Crippen molar-refractivity contribution in [3.63, 3.8) is 0 Å². The maximum absolute atomic E-state index is 13.6. The summed E-state index contributed by atoms with van der Waals surface area (Å²) in [7, 11) is 2.93. The zero-order valence-electron chi connectivity index (χ0n) is 22.7. The van der Waals surface area contributed by atoms with Crippen LogP contribution in [0.1, 0.15) is 19.4 Å². The fourth-order valence-electron chi connectivity index (χ4n) is 4.21. The van der Waals surface area contributed by atoms with Gasteiger partial charge in [0.05, 0.1) is 37.9 Å². The number of ether oxygens (including phenoxy) is 4. The Labute approximate surface area is 243 Å². The van der Waals surface area contributed by atoms with Gasteiger partial charge in [0.2, 0.25) is 11.6 Å². The van der Waals surface area contributed by atoms with E-state index in [2.05, 4.69) is 21.0 Å². The summed E-state index contributed by atoms with van der Waals surface area (Å²) in [6.07, 6.45) is 0.580. The molecule has 10 nitrogen and oxygen atoms in total. The lowest BCUT2D eigenvalue weighted by atomic mass is 10.2. The Morgan fingerprint density at radius 1 is 1.10 bits per heavy atom. The highest BCUT2D eigenvalue weighted by Crippen LogP contribution is 2.39. The first kappa shape index (κ1) is 27.9. The van der Waals surface area contributed by atoms with Crippen molar-refractivity contribution in [1.29, 1.82) is 0 Å². The van der Waals surface area contributed by atoms with Gasteiger partial charge in [-0.15, -0.1) is 0 Å². The minimum Gasteiger partial charge on any atom is -0.493 e. The van der Waals surface area contributed by atoms with E-state index in [9.17, 15) is 9.59 Å². The number of nitrogens with zero attached hydrogens (tertiary/aromatic N) is 3. The highest BCUT2D eigenvalue weighted by atomic mass is 79.9. The van der Waals surface area contributed by atoms with Crippen molar-refractivity contribution in [3.8, 4) is 28.8 Å². The second kappa shape index (κ2) is 11.8. The summed E-state index contributed by atoms with van der Waals surface area (Å²) in [5.74, 6) is 0.926. The molecule has 0 amide bonds. The van der Waals surface area contributed by atoms with E-state index in [1.165, 1.54) is 25.1 Å². The van der Waals surface area contributed by atoms with Gasteiger partial charge in [-0.2, -0.15) is 9.78 Å². The summed E-state index contributed by atoms with van der Waals surface area (Å²) in [4.78, 5) is 30.4. The maximum Gasteiger partial charge on any atom is 0.347 e. The molecule has 0 saturated heterocycles. The summed E-state index contributed by atoms with van der Waals surface area (Å²) in [6.45, 7) is 3.52. The first-order chi connectivity index (χ1) is 19.8. The molecule has 41 heavy (non-hydrogen) atoms. The van der Waals surface area contributed by atoms with Gasteiger partial charge in [0.1, 0.15) is 5.58 Å². The number of hydrogen-bond acceptors (Lipinski definition) is 9. The normalized spacial score (nSPS) is 12.1. The van der Waals surface area contributed by atoms with Crippen LogP contribution in [-0.2, 0) is 9.53 Å². The van der Waals surface area contributed by atoms with Gasteiger partial charge < -0.3 is 23.4 Å². The van der Waals surface area contributed by atoms with Crippen LogP contribution in [0.5, 0.6) is 17.2 Å². The summed E-state index contributed by atoms with van der Waals surface area (Å²) in [6, 6.07) is 17.8. The zero-order valence-corrected chi connectivity index (χ0v) is 24.3. The predicted octanol–water partition coefficient (Wildman–Crippen LogP) is 5.80. The lowest BCUT2D eigenvalue weighted by molar-refractivity contribution is -0.150. The van der Waals surface area contributed by atoms with Crippen LogP contribution in [-0.4, -0.2) is 48.8 Å². The fraction of sp³-hybridized carbons (Fsp3) is 0.200. The molecule has 3 aromatic carbocycles. The van der Waals surface area contributed by atoms with Crippen molar-refractivity contribution in [1.82, 2.24) is 9.66 Å². The number of carbonyl (C=O) groups excluding carboxylic acids is 1. The first-order valence-corrected chi connectivity index (χ1v) is 13.5. The number of hydrogen-bond donors (Lipinski definition) is 0. The Balaban J connectivity index is 1.60. The number of halogens is 1. The number of rotatable bonds is 9. The molecule has 0 spiro atoms. The van der Waals surface area contributed by atoms with Crippen molar-refractivity contribution < 1.29 is 28.2 Å². The molecule has 0 aliphatic carbocycles. The van der Waals surface area contributed by atoms with Crippen LogP contribution in [0.4, 0.5) is 0 Å². The Kier molecular flexibility index (Phi) is 8.06. The third-order valence-electron chi connectivity index (χ3n) is 6.17. The number of furan rings is 1. The largest absolute Gasteiger partial charge is 0.493 e. The molecule has 5 aromatic rings. The van der Waals surface area contributed by atoms with Gasteiger partial charge in [-0.25, -0.2) is 9.78 Å². The quantitative estimate of drug-likeness (QED) is 0.150. The summed E-state index contributed by atoms with van der Waals surface area (Å²) in [5, 5.41) is 5.75. The molecule has 2 aromatic heterocycles. The predicted molar refractivity (Wildman–Crippen MR) is 158 cm³/mol. The summed E-state index contributed by atoms with van der Waals surface area (Å²) >= 11 is 3.47. The molecule has 0 fully saturated rings. The standard InChI is InChI=1S/C30H26BrN3O7/c1-5-39-30(36)17(2)40-27-24(37-3)12-18(13-25(27)38-4)16-32-34-28(33-22-9-7-6-8-21(22)29(34)35)26-15-19-14-20(31)10-11-23(19)41-26/h6-17H,5H2,1-4H3/t17-/m1/s1. The van der Waals surface area contributed by atoms with Crippen LogP contribution in [0.25, 0.3) is 33.5 Å². The minimum atomic E-state index is -0.897. The molecule has 1 atom stereocenters. The van der Waals surface area contributed by atoms with Gasteiger partial charge in [-0.1, -0.05) is 28.1 Å². The van der Waals surface area contributed by atoms with E-state index in [1.807, 2.05) is 30.3 Å². The van der Waals surface area contributed by atoms with Crippen LogP contribution < -0.4 is 19.8 Å². The van der Waals surface area contributed by atoms with Gasteiger partial charge >= 0.3 is 5.97 Å². The third-order valence-corrected chi connectivity index (χ3v) is 6.66. The molecular weight excluding hydrogens is 594 g/mol. The lowest BCUT2D eigenvalue weighted by Crippen LogP contribution is -2.26. The van der Waals surface area contributed by atoms with Crippen LogP contribution in [0, 0.1) is 0 Å². The number of fused-ring (bicyclic) bond motifs is 2. The number of benzene rings is 3. The van der Waals surface area contributed by atoms with Gasteiger partial charge in [0, 0.05) is 15.4 Å². The van der Waals surface area contributed by atoms with Crippen molar-refractivity contribution in [2.24, 2.45) is 5.10 Å². The van der Waals surface area contributed by atoms with Crippen LogP contribution in [0.2, 0.25) is 0 Å². The zero-order chi connectivity index (χ0) is 29.1. The molecule has 2 heterocycles. The second-order valence-corrected chi connectivity index (χ2v) is 9.79. The number of aromatic nitrogens is 2. The summed E-state index contributed by atoms with van der Waals surface area (Å²) < 4.78 is 30.0. The number of esters is 1. The molecular formula is C30H26BrN3O7. The fourth-order valence-corrected chi connectivity index (χ4v) is 4.59. The molecule has 5 rings (SSSR count). The van der Waals surface area contributed by atoms with Gasteiger partial charge in [-0.3, -0.25) is 4.79 Å². The number of carbonyl (C=O) groups is 1. The molecule has 0 aliphatic heterocycles. The van der Waals surface area contributed by atoms with Crippen molar-refractivity contribution in [3.05, 3.63) is 81.1 Å². The van der Waals surface area contributed by atoms with E-state index in [0.717, 1.165) is 9.86 Å². The topological polar surface area (TPSA) is 114 Å². The minimum absolute atomic E-state index is 0.228. The first-order valence-electron chi connectivity index (χ1n) is 12.7. The molecule has 0 radical (unpaired) electrons. The molecule has 11 heteroatoms. The molecule has 0 aliphatic rings. The maximum atomic E-state index is 13.6. The van der Waals surface area contributed by atoms with E-state index in [0.29, 0.717) is 39.3 Å². The van der Waals surface area contributed by atoms with Crippen LogP contribution in [0.3, 0.4) is 0 Å². The Morgan fingerprint density at radius 3 is 2.54 bits per heavy atom. The van der Waals surface area contributed by atoms with Crippen molar-refractivity contribution in [2.45, 2.75) is 20.0 Å². The molecule has 0 bridgehead atoms. The number of para-hydroxylation sites is 1. The van der Waals surface area contributed by atoms with E-state index >= 15 is 0 Å². The third kappa shape index (κ3) is 5.66.